The number of unbranched alkanes of at least 4 members (excludes halogenated alkanes) is 8. The fraction of sp³-hybridized carbons (Fsp3) is 0.947. The van der Waals surface area contributed by atoms with E-state index in [0.29, 0.717) is 6.42 Å². The molecule has 0 fully saturated rings. The summed E-state index contributed by atoms with van der Waals surface area (Å²) in [5.41, 5.74) is 0. The zero-order valence-corrected chi connectivity index (χ0v) is 14.5. The highest BCUT2D eigenvalue weighted by atomic mass is 16.4. The average molecular weight is 299 g/mol. The molecule has 0 spiro atoms. The van der Waals surface area contributed by atoms with Crippen LogP contribution >= 0.6 is 0 Å². The van der Waals surface area contributed by atoms with Crippen molar-refractivity contribution >= 4 is 5.97 Å². The minimum Gasteiger partial charge on any atom is -0.481 e. The molecule has 0 aromatic carbocycles. The van der Waals surface area contributed by atoms with Crippen molar-refractivity contribution in [2.24, 2.45) is 5.92 Å². The number of hydrogen-bond donors (Lipinski definition) is 1. The Morgan fingerprint density at radius 1 is 0.714 bits per heavy atom. The molecule has 0 saturated carbocycles. The maximum atomic E-state index is 10.6. The number of carbonyl (C=O) groups is 1. The molecule has 0 heterocycles. The van der Waals surface area contributed by atoms with E-state index in [9.17, 15) is 4.79 Å². The van der Waals surface area contributed by atoms with Crippen LogP contribution in [0.3, 0.4) is 0 Å². The van der Waals surface area contributed by atoms with E-state index in [1.165, 1.54) is 77.0 Å². The van der Waals surface area contributed by atoms with Gasteiger partial charge < -0.3 is 5.11 Å². The van der Waals surface area contributed by atoms with Crippen LogP contribution in [0.2, 0.25) is 0 Å². The lowest BCUT2D eigenvalue weighted by Gasteiger charge is -2.16. The maximum absolute atomic E-state index is 10.6. The van der Waals surface area contributed by atoms with Crippen LogP contribution in [-0.2, 0) is 4.79 Å². The third-order valence-corrected chi connectivity index (χ3v) is 4.43. The molecule has 0 aromatic rings. The van der Waals surface area contributed by atoms with Gasteiger partial charge in [0.1, 0.15) is 0 Å². The van der Waals surface area contributed by atoms with Crippen LogP contribution in [0.15, 0.2) is 0 Å². The van der Waals surface area contributed by atoms with Crippen LogP contribution in [0.4, 0.5) is 0 Å². The van der Waals surface area contributed by atoms with Crippen molar-refractivity contribution in [1.82, 2.24) is 0 Å². The summed E-state index contributed by atoms with van der Waals surface area (Å²) in [5.74, 6) is 0.131. The van der Waals surface area contributed by atoms with Crippen LogP contribution in [0.5, 0.6) is 0 Å². The SMILES string of the molecule is CCCCCCCCC(CCCCCC)CCCC(=O)O. The molecular weight excluding hydrogens is 260 g/mol. The highest BCUT2D eigenvalue weighted by Gasteiger charge is 2.09. The third-order valence-electron chi connectivity index (χ3n) is 4.43. The monoisotopic (exact) mass is 298 g/mol. The lowest BCUT2D eigenvalue weighted by Crippen LogP contribution is -2.03. The summed E-state index contributed by atoms with van der Waals surface area (Å²) in [6.07, 6.45) is 18.4. The van der Waals surface area contributed by atoms with E-state index in [1.807, 2.05) is 0 Å². The van der Waals surface area contributed by atoms with Crippen molar-refractivity contribution in [3.63, 3.8) is 0 Å². The van der Waals surface area contributed by atoms with Gasteiger partial charge in [-0.25, -0.2) is 0 Å². The van der Waals surface area contributed by atoms with Crippen molar-refractivity contribution in [2.75, 3.05) is 0 Å². The second-order valence-electron chi connectivity index (χ2n) is 6.56. The van der Waals surface area contributed by atoms with Crippen molar-refractivity contribution < 1.29 is 9.90 Å². The van der Waals surface area contributed by atoms with E-state index in [4.69, 9.17) is 5.11 Å². The Bertz CT molecular complexity index is 226. The molecule has 0 aliphatic carbocycles. The highest BCUT2D eigenvalue weighted by Crippen LogP contribution is 2.23. The molecule has 0 aliphatic rings. The maximum Gasteiger partial charge on any atom is 0.303 e. The molecule has 2 nitrogen and oxygen atoms in total. The number of aliphatic carboxylic acids is 1. The summed E-state index contributed by atoms with van der Waals surface area (Å²) in [4.78, 5) is 10.6. The van der Waals surface area contributed by atoms with Crippen molar-refractivity contribution in [1.29, 1.82) is 0 Å². The topological polar surface area (TPSA) is 37.3 Å². The summed E-state index contributed by atoms with van der Waals surface area (Å²) in [6.45, 7) is 4.51. The van der Waals surface area contributed by atoms with E-state index in [-0.39, 0.29) is 0 Å². The van der Waals surface area contributed by atoms with E-state index in [1.54, 1.807) is 0 Å². The van der Waals surface area contributed by atoms with Gasteiger partial charge in [0.25, 0.3) is 0 Å². The summed E-state index contributed by atoms with van der Waals surface area (Å²) >= 11 is 0. The van der Waals surface area contributed by atoms with Gasteiger partial charge in [0.05, 0.1) is 0 Å². The van der Waals surface area contributed by atoms with Gasteiger partial charge in [-0.15, -0.1) is 0 Å². The standard InChI is InChI=1S/C19H38O2/c1-3-5-7-9-10-12-15-18(14-11-8-6-4-2)16-13-17-19(20)21/h18H,3-17H2,1-2H3,(H,20,21). The van der Waals surface area contributed by atoms with Gasteiger partial charge in [0, 0.05) is 6.42 Å². The molecule has 0 bridgehead atoms. The van der Waals surface area contributed by atoms with Crippen LogP contribution in [0.25, 0.3) is 0 Å². The van der Waals surface area contributed by atoms with E-state index < -0.39 is 5.97 Å². The minimum atomic E-state index is -0.640. The summed E-state index contributed by atoms with van der Waals surface area (Å²) in [6, 6.07) is 0. The lowest BCUT2D eigenvalue weighted by atomic mass is 9.90. The molecule has 0 aromatic heterocycles. The molecular formula is C19H38O2. The molecule has 0 amide bonds. The molecule has 0 aliphatic heterocycles. The molecule has 1 N–H and O–H groups in total. The number of carboxylic acids is 1. The van der Waals surface area contributed by atoms with Crippen molar-refractivity contribution in [2.45, 2.75) is 110 Å². The van der Waals surface area contributed by atoms with Gasteiger partial charge in [-0.2, -0.15) is 0 Å². The molecule has 0 radical (unpaired) electrons. The van der Waals surface area contributed by atoms with Gasteiger partial charge in [-0.05, 0) is 18.8 Å². The molecule has 1 atom stereocenters. The first-order valence-electron chi connectivity index (χ1n) is 9.42. The normalized spacial score (nSPS) is 12.5. The molecule has 21 heavy (non-hydrogen) atoms. The first-order chi connectivity index (χ1) is 10.2. The Balaban J connectivity index is 3.74. The van der Waals surface area contributed by atoms with Gasteiger partial charge in [0.2, 0.25) is 0 Å². The number of rotatable bonds is 16. The van der Waals surface area contributed by atoms with Gasteiger partial charge in [-0.3, -0.25) is 4.79 Å². The molecule has 2 heteroatoms. The van der Waals surface area contributed by atoms with Crippen LogP contribution in [0, 0.1) is 5.92 Å². The molecule has 126 valence electrons. The lowest BCUT2D eigenvalue weighted by molar-refractivity contribution is -0.137. The van der Waals surface area contributed by atoms with Crippen LogP contribution in [0.1, 0.15) is 110 Å². The van der Waals surface area contributed by atoms with E-state index in [0.717, 1.165) is 18.8 Å². The summed E-state index contributed by atoms with van der Waals surface area (Å²) in [5, 5.41) is 8.77. The predicted octanol–water partition coefficient (Wildman–Crippen LogP) is 6.58. The molecule has 1 unspecified atom stereocenters. The Morgan fingerprint density at radius 2 is 1.14 bits per heavy atom. The zero-order valence-electron chi connectivity index (χ0n) is 14.5. The Labute approximate surface area is 132 Å². The fourth-order valence-electron chi connectivity index (χ4n) is 3.05. The summed E-state index contributed by atoms with van der Waals surface area (Å²) < 4.78 is 0. The minimum absolute atomic E-state index is 0.349. The third kappa shape index (κ3) is 15.7. The molecule has 0 saturated heterocycles. The van der Waals surface area contributed by atoms with Crippen LogP contribution in [-0.4, -0.2) is 11.1 Å². The Kier molecular flexibility index (Phi) is 15.5. The number of carboxylic acid groups (broad SMARTS) is 1. The number of hydrogen-bond acceptors (Lipinski definition) is 1. The second kappa shape index (κ2) is 15.9. The molecule has 0 rings (SSSR count). The largest absolute Gasteiger partial charge is 0.481 e. The van der Waals surface area contributed by atoms with E-state index in [2.05, 4.69) is 13.8 Å². The van der Waals surface area contributed by atoms with Crippen molar-refractivity contribution in [3.8, 4) is 0 Å². The quantitative estimate of drug-likeness (QED) is 0.327. The smallest absolute Gasteiger partial charge is 0.303 e. The first kappa shape index (κ1) is 20.5. The van der Waals surface area contributed by atoms with Gasteiger partial charge in [-0.1, -0.05) is 90.9 Å². The average Bonchev–Trinajstić information content (AvgIpc) is 2.46. The zero-order chi connectivity index (χ0) is 15.8. The Hall–Kier alpha value is -0.530. The van der Waals surface area contributed by atoms with Crippen LogP contribution < -0.4 is 0 Å². The fourth-order valence-corrected chi connectivity index (χ4v) is 3.05. The second-order valence-corrected chi connectivity index (χ2v) is 6.56. The van der Waals surface area contributed by atoms with E-state index >= 15 is 0 Å². The predicted molar refractivity (Wildman–Crippen MR) is 91.7 cm³/mol. The van der Waals surface area contributed by atoms with Crippen molar-refractivity contribution in [3.05, 3.63) is 0 Å². The van der Waals surface area contributed by atoms with Gasteiger partial charge in [0.15, 0.2) is 0 Å². The van der Waals surface area contributed by atoms with Gasteiger partial charge >= 0.3 is 5.97 Å². The highest BCUT2D eigenvalue weighted by molar-refractivity contribution is 5.66. The Morgan fingerprint density at radius 3 is 1.67 bits per heavy atom. The first-order valence-corrected chi connectivity index (χ1v) is 9.42. The summed E-state index contributed by atoms with van der Waals surface area (Å²) in [7, 11) is 0.